The molecule has 1 N–H and O–H groups in total. The van der Waals surface area contributed by atoms with Crippen molar-refractivity contribution in [2.24, 2.45) is 0 Å². The Balaban J connectivity index is 2.03. The van der Waals surface area contributed by atoms with Crippen molar-refractivity contribution < 1.29 is 4.74 Å². The molecule has 1 heterocycles. The standard InChI is InChI=1S/C13H19NO/c1-3-11-5-4-6-12(9-11)14-13-7-8-15-10(13)2/h4-6,9-10,13-14H,3,7-8H2,1-2H3/t10-,13+/m0/s1. The summed E-state index contributed by atoms with van der Waals surface area (Å²) in [6.07, 6.45) is 2.53. The van der Waals surface area contributed by atoms with Crippen LogP contribution in [0.3, 0.4) is 0 Å². The molecular formula is C13H19NO. The van der Waals surface area contributed by atoms with Crippen molar-refractivity contribution in [2.75, 3.05) is 11.9 Å². The first kappa shape index (κ1) is 10.5. The zero-order valence-electron chi connectivity index (χ0n) is 9.49. The molecule has 1 aromatic carbocycles. The lowest BCUT2D eigenvalue weighted by molar-refractivity contribution is 0.121. The molecular weight excluding hydrogens is 186 g/mol. The summed E-state index contributed by atoms with van der Waals surface area (Å²) in [6.45, 7) is 5.20. The monoisotopic (exact) mass is 205 g/mol. The summed E-state index contributed by atoms with van der Waals surface area (Å²) >= 11 is 0. The number of benzene rings is 1. The van der Waals surface area contributed by atoms with Crippen molar-refractivity contribution in [3.63, 3.8) is 0 Å². The van der Waals surface area contributed by atoms with Gasteiger partial charge in [-0.15, -0.1) is 0 Å². The van der Waals surface area contributed by atoms with Crippen LogP contribution in [-0.4, -0.2) is 18.8 Å². The van der Waals surface area contributed by atoms with Gasteiger partial charge in [-0.25, -0.2) is 0 Å². The molecule has 1 fully saturated rings. The van der Waals surface area contributed by atoms with Crippen LogP contribution in [0.1, 0.15) is 25.8 Å². The molecule has 0 aliphatic carbocycles. The molecule has 0 bridgehead atoms. The SMILES string of the molecule is CCc1cccc(N[C@@H]2CCO[C@H]2C)c1. The molecule has 0 unspecified atom stereocenters. The molecule has 2 rings (SSSR count). The lowest BCUT2D eigenvalue weighted by atomic mass is 10.1. The van der Waals surface area contributed by atoms with Crippen LogP contribution in [0.4, 0.5) is 5.69 Å². The van der Waals surface area contributed by atoms with E-state index in [0.717, 1.165) is 19.4 Å². The maximum Gasteiger partial charge on any atom is 0.0748 e. The number of hydrogen-bond donors (Lipinski definition) is 1. The quantitative estimate of drug-likeness (QED) is 0.819. The van der Waals surface area contributed by atoms with Crippen LogP contribution in [0.2, 0.25) is 0 Å². The van der Waals surface area contributed by atoms with Gasteiger partial charge in [-0.2, -0.15) is 0 Å². The molecule has 0 spiro atoms. The highest BCUT2D eigenvalue weighted by Gasteiger charge is 2.23. The normalized spacial score (nSPS) is 25.5. The average molecular weight is 205 g/mol. The highest BCUT2D eigenvalue weighted by atomic mass is 16.5. The summed E-state index contributed by atoms with van der Waals surface area (Å²) in [5, 5.41) is 3.54. The maximum atomic E-state index is 5.53. The van der Waals surface area contributed by atoms with Crippen molar-refractivity contribution >= 4 is 5.69 Å². The Morgan fingerprint density at radius 2 is 2.33 bits per heavy atom. The molecule has 15 heavy (non-hydrogen) atoms. The zero-order chi connectivity index (χ0) is 10.7. The highest BCUT2D eigenvalue weighted by Crippen LogP contribution is 2.19. The van der Waals surface area contributed by atoms with Crippen molar-refractivity contribution in [1.82, 2.24) is 0 Å². The summed E-state index contributed by atoms with van der Waals surface area (Å²) in [7, 11) is 0. The van der Waals surface area contributed by atoms with E-state index in [-0.39, 0.29) is 0 Å². The molecule has 0 radical (unpaired) electrons. The van der Waals surface area contributed by atoms with Crippen LogP contribution < -0.4 is 5.32 Å². The third-order valence-corrected chi connectivity index (χ3v) is 3.06. The van der Waals surface area contributed by atoms with Crippen molar-refractivity contribution in [2.45, 2.75) is 38.8 Å². The van der Waals surface area contributed by atoms with Gasteiger partial charge in [-0.05, 0) is 37.5 Å². The van der Waals surface area contributed by atoms with Gasteiger partial charge in [-0.3, -0.25) is 0 Å². The predicted molar refractivity (Wildman–Crippen MR) is 63.3 cm³/mol. The number of anilines is 1. The molecule has 0 amide bonds. The van der Waals surface area contributed by atoms with Crippen LogP contribution >= 0.6 is 0 Å². The minimum absolute atomic E-state index is 0.329. The Bertz CT molecular complexity index is 324. The van der Waals surface area contributed by atoms with Crippen LogP contribution in [-0.2, 0) is 11.2 Å². The van der Waals surface area contributed by atoms with Gasteiger partial charge < -0.3 is 10.1 Å². The third-order valence-electron chi connectivity index (χ3n) is 3.06. The fourth-order valence-corrected chi connectivity index (χ4v) is 2.02. The van der Waals surface area contributed by atoms with E-state index in [9.17, 15) is 0 Å². The van der Waals surface area contributed by atoms with Crippen LogP contribution in [0, 0.1) is 0 Å². The number of aryl methyl sites for hydroxylation is 1. The van der Waals surface area contributed by atoms with Gasteiger partial charge in [0.1, 0.15) is 0 Å². The third kappa shape index (κ3) is 2.51. The lowest BCUT2D eigenvalue weighted by Gasteiger charge is -2.17. The summed E-state index contributed by atoms with van der Waals surface area (Å²) in [4.78, 5) is 0. The van der Waals surface area contributed by atoms with E-state index in [1.54, 1.807) is 0 Å². The van der Waals surface area contributed by atoms with E-state index >= 15 is 0 Å². The smallest absolute Gasteiger partial charge is 0.0748 e. The molecule has 1 saturated heterocycles. The Morgan fingerprint density at radius 3 is 3.00 bits per heavy atom. The largest absolute Gasteiger partial charge is 0.380 e. The Kier molecular flexibility index (Phi) is 3.27. The van der Waals surface area contributed by atoms with E-state index in [2.05, 4.69) is 43.4 Å². The fraction of sp³-hybridized carbons (Fsp3) is 0.538. The summed E-state index contributed by atoms with van der Waals surface area (Å²) in [5.74, 6) is 0. The second-order valence-corrected chi connectivity index (χ2v) is 4.17. The van der Waals surface area contributed by atoms with Gasteiger partial charge in [0.25, 0.3) is 0 Å². The first-order valence-corrected chi connectivity index (χ1v) is 5.76. The van der Waals surface area contributed by atoms with Gasteiger partial charge in [0.15, 0.2) is 0 Å². The van der Waals surface area contributed by atoms with E-state index in [4.69, 9.17) is 4.74 Å². The van der Waals surface area contributed by atoms with Crippen molar-refractivity contribution in [3.8, 4) is 0 Å². The van der Waals surface area contributed by atoms with E-state index in [0.29, 0.717) is 12.1 Å². The molecule has 2 heteroatoms. The summed E-state index contributed by atoms with van der Waals surface area (Å²) in [6, 6.07) is 9.11. The first-order valence-electron chi connectivity index (χ1n) is 5.76. The average Bonchev–Trinajstić information content (AvgIpc) is 2.65. The van der Waals surface area contributed by atoms with Crippen LogP contribution in [0.15, 0.2) is 24.3 Å². The topological polar surface area (TPSA) is 21.3 Å². The Morgan fingerprint density at radius 1 is 1.47 bits per heavy atom. The predicted octanol–water partition coefficient (Wildman–Crippen LogP) is 2.84. The maximum absolute atomic E-state index is 5.53. The van der Waals surface area contributed by atoms with Gasteiger partial charge in [0.05, 0.1) is 12.1 Å². The molecule has 1 aliphatic rings. The van der Waals surface area contributed by atoms with Crippen molar-refractivity contribution in [3.05, 3.63) is 29.8 Å². The minimum Gasteiger partial charge on any atom is -0.380 e. The van der Waals surface area contributed by atoms with Gasteiger partial charge in [-0.1, -0.05) is 19.1 Å². The Hall–Kier alpha value is -1.02. The van der Waals surface area contributed by atoms with Crippen LogP contribution in [0.5, 0.6) is 0 Å². The van der Waals surface area contributed by atoms with Crippen LogP contribution in [0.25, 0.3) is 0 Å². The molecule has 82 valence electrons. The van der Waals surface area contributed by atoms with E-state index in [1.165, 1.54) is 11.3 Å². The van der Waals surface area contributed by atoms with Gasteiger partial charge >= 0.3 is 0 Å². The van der Waals surface area contributed by atoms with Gasteiger partial charge in [0.2, 0.25) is 0 Å². The molecule has 0 saturated carbocycles. The lowest BCUT2D eigenvalue weighted by Crippen LogP contribution is -2.26. The molecule has 1 aromatic rings. The Labute approximate surface area is 91.6 Å². The molecule has 1 aliphatic heterocycles. The summed E-state index contributed by atoms with van der Waals surface area (Å²) < 4.78 is 5.53. The fourth-order valence-electron chi connectivity index (χ4n) is 2.02. The number of rotatable bonds is 3. The van der Waals surface area contributed by atoms with Crippen molar-refractivity contribution in [1.29, 1.82) is 0 Å². The van der Waals surface area contributed by atoms with E-state index < -0.39 is 0 Å². The highest BCUT2D eigenvalue weighted by molar-refractivity contribution is 5.46. The molecule has 0 aromatic heterocycles. The number of nitrogens with one attached hydrogen (secondary N) is 1. The minimum atomic E-state index is 0.329. The second-order valence-electron chi connectivity index (χ2n) is 4.17. The molecule has 2 atom stereocenters. The number of hydrogen-bond acceptors (Lipinski definition) is 2. The zero-order valence-corrected chi connectivity index (χ0v) is 9.49. The van der Waals surface area contributed by atoms with E-state index in [1.807, 2.05) is 0 Å². The first-order chi connectivity index (χ1) is 7.29. The van der Waals surface area contributed by atoms with Gasteiger partial charge in [0, 0.05) is 12.3 Å². The summed E-state index contributed by atoms with van der Waals surface area (Å²) in [5.41, 5.74) is 2.60. The molecule has 2 nitrogen and oxygen atoms in total. The second kappa shape index (κ2) is 4.67. The number of ether oxygens (including phenoxy) is 1.